The minimum Gasteiger partial charge on any atom is -0.362 e. The topological polar surface area (TPSA) is 51.8 Å². The lowest BCUT2D eigenvalue weighted by Crippen LogP contribution is -2.62. The van der Waals surface area contributed by atoms with Crippen molar-refractivity contribution in [3.8, 4) is 0 Å². The van der Waals surface area contributed by atoms with Gasteiger partial charge in [0, 0.05) is 49.9 Å². The van der Waals surface area contributed by atoms with Crippen LogP contribution in [0, 0.1) is 25.2 Å². The van der Waals surface area contributed by atoms with Gasteiger partial charge in [-0.25, -0.2) is 4.72 Å². The summed E-state index contributed by atoms with van der Waals surface area (Å²) < 4.78 is 51.1. The number of halogens is 3. The highest BCUT2D eigenvalue weighted by atomic mass is 32.2. The lowest BCUT2D eigenvalue weighted by atomic mass is 9.88. The van der Waals surface area contributed by atoms with Crippen LogP contribution in [0.4, 0.5) is 13.2 Å². The summed E-state index contributed by atoms with van der Waals surface area (Å²) in [5.41, 5.74) is 2.50. The molecule has 0 radical (unpaired) electrons. The number of piperazine rings is 1. The number of hydrogen-bond acceptors (Lipinski definition) is 7. The maximum absolute atomic E-state index is 13.6. The van der Waals surface area contributed by atoms with Crippen molar-refractivity contribution in [2.24, 2.45) is 11.3 Å². The normalized spacial score (nSPS) is 35.6. The van der Waals surface area contributed by atoms with Crippen molar-refractivity contribution < 1.29 is 17.9 Å². The number of alkyl halides is 3. The molecule has 6 nitrogen and oxygen atoms in total. The van der Waals surface area contributed by atoms with Crippen molar-refractivity contribution in [1.29, 1.82) is 0 Å². The molecule has 0 spiro atoms. The molecule has 2 saturated carbocycles. The second kappa shape index (κ2) is 12.0. The number of hydrogen-bond donors (Lipinski definition) is 3. The van der Waals surface area contributed by atoms with Gasteiger partial charge in [-0.15, -0.1) is 0 Å². The Kier molecular flexibility index (Phi) is 8.77. The van der Waals surface area contributed by atoms with E-state index in [1.807, 2.05) is 11.9 Å². The largest absolute Gasteiger partial charge is 0.394 e. The monoisotopic (exact) mass is 581 g/mol. The smallest absolute Gasteiger partial charge is 0.362 e. The maximum atomic E-state index is 13.6. The van der Waals surface area contributed by atoms with E-state index in [2.05, 4.69) is 57.2 Å². The fourth-order valence-corrected chi connectivity index (χ4v) is 8.66. The zero-order valence-corrected chi connectivity index (χ0v) is 24.8. The van der Waals surface area contributed by atoms with Gasteiger partial charge in [-0.2, -0.15) is 13.2 Å². The van der Waals surface area contributed by atoms with Crippen molar-refractivity contribution in [1.82, 2.24) is 25.2 Å². The molecule has 3 aliphatic heterocycles. The minimum atomic E-state index is -4.07. The van der Waals surface area contributed by atoms with Crippen LogP contribution in [-0.2, 0) is 4.74 Å². The summed E-state index contributed by atoms with van der Waals surface area (Å²) in [6.07, 6.45) is 2.35. The summed E-state index contributed by atoms with van der Waals surface area (Å²) in [6, 6.07) is 6.86. The van der Waals surface area contributed by atoms with Gasteiger partial charge in [0.15, 0.2) is 0 Å². The van der Waals surface area contributed by atoms with Crippen LogP contribution in [0.1, 0.15) is 74.1 Å². The number of rotatable bonds is 4. The molecule has 4 bridgehead atoms. The summed E-state index contributed by atoms with van der Waals surface area (Å²) in [7, 11) is 0. The molecule has 0 aromatic heterocycles. The summed E-state index contributed by atoms with van der Waals surface area (Å²) in [5.74, 6) is 0.658. The third-order valence-corrected chi connectivity index (χ3v) is 11.3. The van der Waals surface area contributed by atoms with E-state index in [4.69, 9.17) is 4.74 Å². The molecule has 2 aliphatic carbocycles. The molecule has 3 heterocycles. The number of benzene rings is 1. The van der Waals surface area contributed by atoms with E-state index in [-0.39, 0.29) is 31.0 Å². The summed E-state index contributed by atoms with van der Waals surface area (Å²) >= 11 is 1.87. The van der Waals surface area contributed by atoms with Crippen LogP contribution in [0.2, 0.25) is 0 Å². The lowest BCUT2D eigenvalue weighted by molar-refractivity contribution is -0.190. The van der Waals surface area contributed by atoms with Gasteiger partial charge in [-0.05, 0) is 81.5 Å². The van der Waals surface area contributed by atoms with E-state index >= 15 is 0 Å². The van der Waals surface area contributed by atoms with Crippen molar-refractivity contribution in [2.45, 2.75) is 101 Å². The number of nitrogens with one attached hydrogen (secondary N) is 3. The van der Waals surface area contributed by atoms with Gasteiger partial charge in [-0.3, -0.25) is 15.5 Å². The van der Waals surface area contributed by atoms with Gasteiger partial charge in [0.1, 0.15) is 12.5 Å². The number of aryl methyl sites for hydroxylation is 2. The SMILES string of the molecule is Cc1cccc(C)c1C1CC2NC(NSC3CCCC(C3)CN3CCN(CCC4(C(F)(F)F)CC4)C[C@@H]3CO2)N1. The van der Waals surface area contributed by atoms with Crippen LogP contribution in [-0.4, -0.2) is 79.1 Å². The molecule has 3 saturated heterocycles. The predicted octanol–water partition coefficient (Wildman–Crippen LogP) is 5.08. The van der Waals surface area contributed by atoms with Crippen LogP contribution in [0.3, 0.4) is 0 Å². The first-order chi connectivity index (χ1) is 19.2. The van der Waals surface area contributed by atoms with Gasteiger partial charge >= 0.3 is 6.18 Å². The van der Waals surface area contributed by atoms with Crippen LogP contribution in [0.25, 0.3) is 0 Å². The summed E-state index contributed by atoms with van der Waals surface area (Å²) in [5, 5.41) is 8.04. The predicted molar refractivity (Wildman–Crippen MR) is 154 cm³/mol. The van der Waals surface area contributed by atoms with Crippen LogP contribution in [0.5, 0.6) is 0 Å². The molecule has 224 valence electrons. The molecule has 5 aliphatic rings. The van der Waals surface area contributed by atoms with E-state index in [9.17, 15) is 13.2 Å². The highest BCUT2D eigenvalue weighted by Crippen LogP contribution is 2.60. The lowest BCUT2D eigenvalue weighted by Gasteiger charge is -2.44. The Morgan fingerprint density at radius 3 is 2.60 bits per heavy atom. The summed E-state index contributed by atoms with van der Waals surface area (Å²) in [4.78, 5) is 4.87. The highest BCUT2D eigenvalue weighted by Gasteiger charge is 2.62. The Hall–Kier alpha value is -0.880. The Morgan fingerprint density at radius 1 is 1.05 bits per heavy atom. The van der Waals surface area contributed by atoms with E-state index in [1.54, 1.807) is 0 Å². The van der Waals surface area contributed by atoms with Crippen molar-refractivity contribution >= 4 is 11.9 Å². The fourth-order valence-electron chi connectivity index (χ4n) is 7.54. The van der Waals surface area contributed by atoms with Crippen molar-refractivity contribution in [2.75, 3.05) is 39.3 Å². The third-order valence-electron chi connectivity index (χ3n) is 10.2. The quantitative estimate of drug-likeness (QED) is 0.429. The van der Waals surface area contributed by atoms with E-state index in [1.165, 1.54) is 42.4 Å². The van der Waals surface area contributed by atoms with E-state index < -0.39 is 11.6 Å². The molecule has 6 rings (SSSR count). The van der Waals surface area contributed by atoms with Gasteiger partial charge in [-0.1, -0.05) is 36.6 Å². The second-order valence-corrected chi connectivity index (χ2v) is 14.2. The molecule has 1 aromatic carbocycles. The molecular formula is C30H46F3N5OS. The zero-order valence-electron chi connectivity index (χ0n) is 23.9. The van der Waals surface area contributed by atoms with E-state index in [0.717, 1.165) is 32.6 Å². The fraction of sp³-hybridized carbons (Fsp3) is 0.800. The van der Waals surface area contributed by atoms with E-state index in [0.29, 0.717) is 37.2 Å². The molecule has 3 N–H and O–H groups in total. The molecule has 0 amide bonds. The third kappa shape index (κ3) is 6.53. The van der Waals surface area contributed by atoms with Gasteiger partial charge in [0.2, 0.25) is 0 Å². The van der Waals surface area contributed by atoms with Crippen LogP contribution < -0.4 is 15.4 Å². The number of nitrogens with zero attached hydrogens (tertiary/aromatic N) is 2. The molecule has 40 heavy (non-hydrogen) atoms. The van der Waals surface area contributed by atoms with Crippen molar-refractivity contribution in [3.63, 3.8) is 0 Å². The average molecular weight is 582 g/mol. The summed E-state index contributed by atoms with van der Waals surface area (Å²) in [6.45, 7) is 9.09. The molecular weight excluding hydrogens is 535 g/mol. The number of ether oxygens (including phenoxy) is 1. The average Bonchev–Trinajstić information content (AvgIpc) is 3.72. The molecule has 5 fully saturated rings. The molecule has 5 unspecified atom stereocenters. The standard InChI is InChI=1S/C30H46F3N5OS/c1-20-5-3-6-21(2)27(20)25-16-26-35-28(34-25)36-40-24-8-4-7-22(15-24)17-38-14-13-37(18-23(38)19-39-26)12-11-29(9-10-29)30(31,32)33/h3,5-6,22-26,28,34-36H,4,7-19H2,1-2H3/t22?,23-,24?,25?,26?,28?/m1/s1. The Bertz CT molecular complexity index is 1000. The maximum Gasteiger partial charge on any atom is 0.394 e. The first-order valence-electron chi connectivity index (χ1n) is 15.3. The van der Waals surface area contributed by atoms with Crippen molar-refractivity contribution in [3.05, 3.63) is 34.9 Å². The highest BCUT2D eigenvalue weighted by molar-refractivity contribution is 7.98. The van der Waals surface area contributed by atoms with Gasteiger partial charge in [0.25, 0.3) is 0 Å². The number of fused-ring (bicyclic) bond motifs is 5. The second-order valence-electron chi connectivity index (χ2n) is 13.0. The molecule has 10 heteroatoms. The molecule has 1 aromatic rings. The zero-order chi connectivity index (χ0) is 27.9. The Labute approximate surface area is 241 Å². The van der Waals surface area contributed by atoms with Crippen LogP contribution >= 0.6 is 11.9 Å². The Balaban J connectivity index is 1.17. The van der Waals surface area contributed by atoms with Gasteiger partial charge < -0.3 is 9.64 Å². The van der Waals surface area contributed by atoms with Crippen LogP contribution in [0.15, 0.2) is 18.2 Å². The minimum absolute atomic E-state index is 0.0649. The molecule has 6 atom stereocenters. The first kappa shape index (κ1) is 29.2. The first-order valence-corrected chi connectivity index (χ1v) is 16.2. The Morgan fingerprint density at radius 2 is 1.85 bits per heavy atom. The van der Waals surface area contributed by atoms with Gasteiger partial charge in [0.05, 0.1) is 12.0 Å².